The normalized spacial score (nSPS) is 19.0. The van der Waals surface area contributed by atoms with Gasteiger partial charge in [0.2, 0.25) is 0 Å². The standard InChI is InChI=1S/C24H21ClN2O2/c1-16-21(15-26)23(19-11-6-12-20(25)14-19)22(17(2)27-16)24(28)29-13-7-10-18-8-4-3-5-9-18/h3-12,14,21,23H,13H2,1-2H3. The highest BCUT2D eigenvalue weighted by molar-refractivity contribution is 6.30. The van der Waals surface area contributed by atoms with Crippen LogP contribution in [0, 0.1) is 17.2 Å². The molecule has 0 saturated carbocycles. The number of nitriles is 1. The van der Waals surface area contributed by atoms with Gasteiger partial charge >= 0.3 is 5.97 Å². The van der Waals surface area contributed by atoms with Gasteiger partial charge in [-0.1, -0.05) is 60.1 Å². The molecular weight excluding hydrogens is 384 g/mol. The average molecular weight is 405 g/mol. The van der Waals surface area contributed by atoms with Crippen LogP contribution in [0.3, 0.4) is 0 Å². The zero-order chi connectivity index (χ0) is 20.8. The van der Waals surface area contributed by atoms with Gasteiger partial charge < -0.3 is 4.74 Å². The Balaban J connectivity index is 1.85. The van der Waals surface area contributed by atoms with Crippen molar-refractivity contribution in [2.24, 2.45) is 10.9 Å². The molecule has 0 radical (unpaired) electrons. The number of ether oxygens (including phenoxy) is 1. The van der Waals surface area contributed by atoms with Gasteiger partial charge in [0.25, 0.3) is 0 Å². The molecule has 0 amide bonds. The van der Waals surface area contributed by atoms with E-state index in [9.17, 15) is 10.1 Å². The fourth-order valence-electron chi connectivity index (χ4n) is 3.48. The van der Waals surface area contributed by atoms with Crippen LogP contribution in [0.1, 0.15) is 30.9 Å². The van der Waals surface area contributed by atoms with Crippen molar-refractivity contribution < 1.29 is 9.53 Å². The maximum absolute atomic E-state index is 12.9. The van der Waals surface area contributed by atoms with Gasteiger partial charge in [0, 0.05) is 22.3 Å². The highest BCUT2D eigenvalue weighted by Crippen LogP contribution is 2.39. The molecule has 2 aromatic rings. The van der Waals surface area contributed by atoms with Gasteiger partial charge in [0.1, 0.15) is 6.61 Å². The molecule has 2 unspecified atom stereocenters. The van der Waals surface area contributed by atoms with Crippen LogP contribution in [0.4, 0.5) is 0 Å². The second-order valence-electron chi connectivity index (χ2n) is 6.80. The lowest BCUT2D eigenvalue weighted by atomic mass is 9.76. The number of halogens is 1. The summed E-state index contributed by atoms with van der Waals surface area (Å²) in [6.45, 7) is 3.71. The van der Waals surface area contributed by atoms with E-state index in [4.69, 9.17) is 16.3 Å². The van der Waals surface area contributed by atoms with Crippen molar-refractivity contribution in [3.05, 3.63) is 88.1 Å². The van der Waals surface area contributed by atoms with E-state index in [0.717, 1.165) is 11.1 Å². The lowest BCUT2D eigenvalue weighted by molar-refractivity contribution is -0.138. The van der Waals surface area contributed by atoms with E-state index < -0.39 is 17.8 Å². The van der Waals surface area contributed by atoms with Crippen LogP contribution in [-0.4, -0.2) is 18.3 Å². The van der Waals surface area contributed by atoms with E-state index in [1.165, 1.54) is 0 Å². The Morgan fingerprint density at radius 2 is 1.97 bits per heavy atom. The van der Waals surface area contributed by atoms with Gasteiger partial charge in [-0.2, -0.15) is 5.26 Å². The Labute approximate surface area is 175 Å². The summed E-state index contributed by atoms with van der Waals surface area (Å²) in [5.41, 5.74) is 3.46. The fraction of sp³-hybridized carbons (Fsp3) is 0.208. The van der Waals surface area contributed by atoms with Crippen LogP contribution >= 0.6 is 11.6 Å². The fourth-order valence-corrected chi connectivity index (χ4v) is 3.68. The van der Waals surface area contributed by atoms with Gasteiger partial charge in [-0.05, 0) is 43.2 Å². The van der Waals surface area contributed by atoms with E-state index in [1.54, 1.807) is 32.1 Å². The largest absolute Gasteiger partial charge is 0.458 e. The third kappa shape index (κ3) is 4.82. The number of nitrogens with zero attached hydrogens (tertiary/aromatic N) is 2. The van der Waals surface area contributed by atoms with Crippen molar-refractivity contribution >= 4 is 29.4 Å². The van der Waals surface area contributed by atoms with Crippen LogP contribution in [0.25, 0.3) is 6.08 Å². The molecule has 2 aromatic carbocycles. The lowest BCUT2D eigenvalue weighted by Crippen LogP contribution is -2.29. The third-order valence-electron chi connectivity index (χ3n) is 4.82. The molecule has 5 heteroatoms. The van der Waals surface area contributed by atoms with E-state index in [2.05, 4.69) is 11.1 Å². The summed E-state index contributed by atoms with van der Waals surface area (Å²) in [6, 6.07) is 19.3. The van der Waals surface area contributed by atoms with E-state index in [-0.39, 0.29) is 6.61 Å². The highest BCUT2D eigenvalue weighted by atomic mass is 35.5. The molecule has 0 bridgehead atoms. The molecule has 0 saturated heterocycles. The number of esters is 1. The number of aliphatic imine (C=N–C) groups is 1. The van der Waals surface area contributed by atoms with E-state index in [1.807, 2.05) is 48.5 Å². The van der Waals surface area contributed by atoms with E-state index >= 15 is 0 Å². The first-order valence-corrected chi connectivity index (χ1v) is 9.69. The van der Waals surface area contributed by atoms with Crippen LogP contribution in [0.2, 0.25) is 5.02 Å². The number of hydrogen-bond donors (Lipinski definition) is 0. The summed E-state index contributed by atoms with van der Waals surface area (Å²) >= 11 is 6.16. The monoisotopic (exact) mass is 404 g/mol. The minimum absolute atomic E-state index is 0.132. The number of benzene rings is 2. The van der Waals surface area contributed by atoms with Crippen LogP contribution in [0.15, 0.2) is 76.9 Å². The summed E-state index contributed by atoms with van der Waals surface area (Å²) in [6.07, 6.45) is 3.68. The molecule has 1 heterocycles. The molecule has 1 aliphatic rings. The molecule has 0 aromatic heterocycles. The molecular formula is C24H21ClN2O2. The Hall–Kier alpha value is -3.16. The van der Waals surface area contributed by atoms with E-state index in [0.29, 0.717) is 22.0 Å². The predicted octanol–water partition coefficient (Wildman–Crippen LogP) is 5.57. The maximum atomic E-state index is 12.9. The highest BCUT2D eigenvalue weighted by Gasteiger charge is 2.37. The number of hydrogen-bond acceptors (Lipinski definition) is 4. The Morgan fingerprint density at radius 1 is 1.21 bits per heavy atom. The number of carbonyl (C=O) groups is 1. The molecule has 0 aliphatic carbocycles. The van der Waals surface area contributed by atoms with Crippen molar-refractivity contribution in [1.82, 2.24) is 0 Å². The van der Waals surface area contributed by atoms with Gasteiger partial charge in [-0.25, -0.2) is 4.79 Å². The zero-order valence-electron chi connectivity index (χ0n) is 16.3. The van der Waals surface area contributed by atoms with Gasteiger partial charge in [0.15, 0.2) is 0 Å². The number of carbonyl (C=O) groups excluding carboxylic acids is 1. The molecule has 29 heavy (non-hydrogen) atoms. The minimum Gasteiger partial charge on any atom is -0.458 e. The Morgan fingerprint density at radius 3 is 2.66 bits per heavy atom. The predicted molar refractivity (Wildman–Crippen MR) is 116 cm³/mol. The van der Waals surface area contributed by atoms with Crippen LogP contribution in [-0.2, 0) is 9.53 Å². The molecule has 1 aliphatic heterocycles. The second kappa shape index (κ2) is 9.36. The molecule has 4 nitrogen and oxygen atoms in total. The molecule has 0 N–H and O–H groups in total. The first kappa shape index (κ1) is 20.6. The summed E-state index contributed by atoms with van der Waals surface area (Å²) in [7, 11) is 0. The zero-order valence-corrected chi connectivity index (χ0v) is 17.1. The smallest absolute Gasteiger partial charge is 0.336 e. The van der Waals surface area contributed by atoms with Gasteiger partial charge in [0.05, 0.1) is 17.6 Å². The van der Waals surface area contributed by atoms with Crippen molar-refractivity contribution in [1.29, 1.82) is 5.26 Å². The van der Waals surface area contributed by atoms with Crippen molar-refractivity contribution in [3.63, 3.8) is 0 Å². The molecule has 0 fully saturated rings. The molecule has 2 atom stereocenters. The first-order valence-electron chi connectivity index (χ1n) is 9.31. The number of allylic oxidation sites excluding steroid dienone is 1. The van der Waals surface area contributed by atoms with Gasteiger partial charge in [-0.15, -0.1) is 0 Å². The third-order valence-corrected chi connectivity index (χ3v) is 5.05. The SMILES string of the molecule is CC1=NC(C)=C(C(=O)OCC=Cc2ccccc2)C(c2cccc(Cl)c2)C1C#N. The van der Waals surface area contributed by atoms with Crippen molar-refractivity contribution in [2.75, 3.05) is 6.61 Å². The molecule has 146 valence electrons. The summed E-state index contributed by atoms with van der Waals surface area (Å²) in [4.78, 5) is 17.4. The van der Waals surface area contributed by atoms with Gasteiger partial charge in [-0.3, -0.25) is 4.99 Å². The Bertz CT molecular complexity index is 1030. The molecule has 3 rings (SSSR count). The molecule has 0 spiro atoms. The van der Waals surface area contributed by atoms with Crippen LogP contribution < -0.4 is 0 Å². The Kier molecular flexibility index (Phi) is 6.64. The minimum atomic E-state index is -0.556. The summed E-state index contributed by atoms with van der Waals surface area (Å²) in [5.74, 6) is -1.50. The van der Waals surface area contributed by atoms with Crippen molar-refractivity contribution in [3.8, 4) is 6.07 Å². The lowest BCUT2D eigenvalue weighted by Gasteiger charge is -2.29. The van der Waals surface area contributed by atoms with Crippen LogP contribution in [0.5, 0.6) is 0 Å². The number of rotatable bonds is 5. The van der Waals surface area contributed by atoms with Crippen molar-refractivity contribution in [2.45, 2.75) is 19.8 Å². The average Bonchev–Trinajstić information content (AvgIpc) is 2.71. The quantitative estimate of drug-likeness (QED) is 0.612. The second-order valence-corrected chi connectivity index (χ2v) is 7.24. The summed E-state index contributed by atoms with van der Waals surface area (Å²) < 4.78 is 5.49. The first-order chi connectivity index (χ1) is 14.0. The topological polar surface area (TPSA) is 62.4 Å². The summed E-state index contributed by atoms with van der Waals surface area (Å²) in [5, 5.41) is 10.3. The maximum Gasteiger partial charge on any atom is 0.336 e.